The molecule has 8 heteroatoms. The van der Waals surface area contributed by atoms with E-state index >= 15 is 0 Å². The van der Waals surface area contributed by atoms with Crippen molar-refractivity contribution in [3.05, 3.63) is 34.1 Å². The molecule has 0 bridgehead atoms. The number of carbonyl (C=O) groups excluding carboxylic acids is 1. The van der Waals surface area contributed by atoms with Crippen LogP contribution >= 0.6 is 0 Å². The Morgan fingerprint density at radius 1 is 1.20 bits per heavy atom. The Balaban J connectivity index is 1.85. The molecule has 0 spiro atoms. The Morgan fingerprint density at radius 2 is 1.80 bits per heavy atom. The summed E-state index contributed by atoms with van der Waals surface area (Å²) in [4.78, 5) is 22.0. The first-order valence-electron chi connectivity index (χ1n) is 8.33. The highest BCUT2D eigenvalue weighted by molar-refractivity contribution is 5.68. The zero-order valence-corrected chi connectivity index (χ0v) is 14.7. The van der Waals surface area contributed by atoms with Crippen LogP contribution in [0.15, 0.2) is 18.2 Å². The van der Waals surface area contributed by atoms with E-state index in [1.165, 1.54) is 12.1 Å². The van der Waals surface area contributed by atoms with Crippen LogP contribution in [0.3, 0.4) is 0 Å². The molecule has 2 N–H and O–H groups in total. The number of nitrogens with zero attached hydrogens (tertiary/aromatic N) is 1. The van der Waals surface area contributed by atoms with Gasteiger partial charge in [0.05, 0.1) is 11.0 Å². The second kappa shape index (κ2) is 7.67. The van der Waals surface area contributed by atoms with Crippen molar-refractivity contribution in [2.24, 2.45) is 0 Å². The van der Waals surface area contributed by atoms with Gasteiger partial charge >= 0.3 is 6.09 Å². The van der Waals surface area contributed by atoms with E-state index in [9.17, 15) is 19.3 Å². The van der Waals surface area contributed by atoms with Crippen molar-refractivity contribution in [1.29, 1.82) is 0 Å². The maximum Gasteiger partial charge on any atom is 0.407 e. The highest BCUT2D eigenvalue weighted by Gasteiger charge is 2.25. The predicted octanol–water partition coefficient (Wildman–Crippen LogP) is 3.98. The molecule has 0 radical (unpaired) electrons. The summed E-state index contributed by atoms with van der Waals surface area (Å²) in [6.45, 7) is 5.43. The number of anilines is 1. The Kier molecular flexibility index (Phi) is 5.81. The summed E-state index contributed by atoms with van der Waals surface area (Å²) in [6.07, 6.45) is 2.63. The average Bonchev–Trinajstić information content (AvgIpc) is 2.46. The molecule has 1 aliphatic rings. The van der Waals surface area contributed by atoms with Crippen molar-refractivity contribution >= 4 is 17.5 Å². The molecule has 25 heavy (non-hydrogen) atoms. The molecule has 1 aromatic rings. The minimum atomic E-state index is -0.642. The van der Waals surface area contributed by atoms with E-state index in [-0.39, 0.29) is 17.8 Å². The smallest absolute Gasteiger partial charge is 0.407 e. The van der Waals surface area contributed by atoms with Crippen LogP contribution in [-0.2, 0) is 4.74 Å². The third kappa shape index (κ3) is 6.21. The minimum absolute atomic E-state index is 0.0368. The van der Waals surface area contributed by atoms with Gasteiger partial charge in [0.1, 0.15) is 11.4 Å². The topological polar surface area (TPSA) is 93.5 Å². The van der Waals surface area contributed by atoms with Gasteiger partial charge in [-0.25, -0.2) is 9.18 Å². The van der Waals surface area contributed by atoms with Crippen LogP contribution in [0.1, 0.15) is 46.5 Å². The molecular weight excluding hydrogens is 329 g/mol. The van der Waals surface area contributed by atoms with Crippen molar-refractivity contribution in [3.8, 4) is 0 Å². The molecule has 0 aromatic heterocycles. The molecule has 1 aliphatic carbocycles. The number of nitro groups is 1. The second-order valence-electron chi connectivity index (χ2n) is 7.29. The van der Waals surface area contributed by atoms with Crippen molar-refractivity contribution in [1.82, 2.24) is 5.32 Å². The number of hydrogen-bond donors (Lipinski definition) is 2. The highest BCUT2D eigenvalue weighted by Crippen LogP contribution is 2.25. The summed E-state index contributed by atoms with van der Waals surface area (Å²) >= 11 is 0. The van der Waals surface area contributed by atoms with Crippen LogP contribution in [0.2, 0.25) is 0 Å². The van der Waals surface area contributed by atoms with Crippen LogP contribution in [-0.4, -0.2) is 28.7 Å². The lowest BCUT2D eigenvalue weighted by atomic mass is 9.91. The van der Waals surface area contributed by atoms with Crippen LogP contribution in [0.5, 0.6) is 0 Å². The van der Waals surface area contributed by atoms with E-state index in [1.54, 1.807) is 0 Å². The van der Waals surface area contributed by atoms with Crippen LogP contribution in [0.4, 0.5) is 20.6 Å². The number of carbonyl (C=O) groups is 1. The summed E-state index contributed by atoms with van der Waals surface area (Å²) in [5.74, 6) is -0.642. The van der Waals surface area contributed by atoms with Crippen molar-refractivity contribution < 1.29 is 18.8 Å². The summed E-state index contributed by atoms with van der Waals surface area (Å²) in [6, 6.07) is 3.59. The number of ether oxygens (including phenoxy) is 1. The molecule has 0 saturated heterocycles. The van der Waals surface area contributed by atoms with Crippen LogP contribution < -0.4 is 10.6 Å². The van der Waals surface area contributed by atoms with Crippen molar-refractivity contribution in [2.75, 3.05) is 5.32 Å². The molecule has 0 aliphatic heterocycles. The van der Waals surface area contributed by atoms with E-state index < -0.39 is 22.4 Å². The fourth-order valence-corrected chi connectivity index (χ4v) is 2.85. The number of nitrogens with one attached hydrogen (secondary N) is 2. The van der Waals surface area contributed by atoms with Gasteiger partial charge < -0.3 is 15.4 Å². The van der Waals surface area contributed by atoms with Gasteiger partial charge in [-0.3, -0.25) is 10.1 Å². The predicted molar refractivity (Wildman–Crippen MR) is 92.1 cm³/mol. The number of amides is 1. The molecule has 0 unspecified atom stereocenters. The molecule has 1 aromatic carbocycles. The van der Waals surface area contributed by atoms with Gasteiger partial charge in [0.15, 0.2) is 0 Å². The first-order valence-corrected chi connectivity index (χ1v) is 8.33. The number of hydrogen-bond acceptors (Lipinski definition) is 5. The van der Waals surface area contributed by atoms with Gasteiger partial charge in [-0.2, -0.15) is 0 Å². The van der Waals surface area contributed by atoms with Crippen molar-refractivity contribution in [2.45, 2.75) is 64.1 Å². The SMILES string of the molecule is CC(C)(C)OC(=O)NC1CCC(Nc2cc(F)cc([N+](=O)[O-])c2)CC1. The van der Waals surface area contributed by atoms with E-state index in [0.29, 0.717) is 5.69 Å². The molecule has 2 rings (SSSR count). The lowest BCUT2D eigenvalue weighted by Gasteiger charge is -2.31. The molecule has 1 amide bonds. The number of nitro benzene ring substituents is 1. The molecule has 0 atom stereocenters. The third-order valence-electron chi connectivity index (χ3n) is 3.91. The molecule has 138 valence electrons. The van der Waals surface area contributed by atoms with Gasteiger partial charge in [0.2, 0.25) is 0 Å². The van der Waals surface area contributed by atoms with Gasteiger partial charge in [-0.15, -0.1) is 0 Å². The lowest BCUT2D eigenvalue weighted by Crippen LogP contribution is -2.42. The van der Waals surface area contributed by atoms with Crippen molar-refractivity contribution in [3.63, 3.8) is 0 Å². The minimum Gasteiger partial charge on any atom is -0.444 e. The Hall–Kier alpha value is -2.38. The molecule has 1 saturated carbocycles. The normalized spacial score (nSPS) is 20.6. The summed E-state index contributed by atoms with van der Waals surface area (Å²) in [5.41, 5.74) is -0.410. The maximum atomic E-state index is 13.5. The number of rotatable bonds is 4. The van der Waals surface area contributed by atoms with Crippen LogP contribution in [0, 0.1) is 15.9 Å². The fourth-order valence-electron chi connectivity index (χ4n) is 2.85. The number of halogens is 1. The van der Waals surface area contributed by atoms with E-state index in [0.717, 1.165) is 31.7 Å². The van der Waals surface area contributed by atoms with E-state index in [4.69, 9.17) is 4.74 Å². The molecule has 0 heterocycles. The first kappa shape index (κ1) is 19.0. The number of alkyl carbamates (subject to hydrolysis) is 1. The van der Waals surface area contributed by atoms with E-state index in [2.05, 4.69) is 10.6 Å². The molecule has 7 nitrogen and oxygen atoms in total. The monoisotopic (exact) mass is 353 g/mol. The number of benzene rings is 1. The molecular formula is C17H24FN3O4. The maximum absolute atomic E-state index is 13.5. The average molecular weight is 353 g/mol. The number of non-ortho nitro benzene ring substituents is 1. The third-order valence-corrected chi connectivity index (χ3v) is 3.91. The second-order valence-corrected chi connectivity index (χ2v) is 7.29. The standard InChI is InChI=1S/C17H24FN3O4/c1-17(2,3)25-16(22)20-13-6-4-12(5-7-13)19-14-8-11(18)9-15(10-14)21(23)24/h8-10,12-13,19H,4-7H2,1-3H3,(H,20,22). The lowest BCUT2D eigenvalue weighted by molar-refractivity contribution is -0.385. The van der Waals surface area contributed by atoms with E-state index in [1.807, 2.05) is 20.8 Å². The summed E-state index contributed by atoms with van der Waals surface area (Å²) in [5, 5.41) is 16.8. The Labute approximate surface area is 146 Å². The zero-order valence-electron chi connectivity index (χ0n) is 14.7. The molecule has 1 fully saturated rings. The zero-order chi connectivity index (χ0) is 18.6. The van der Waals surface area contributed by atoms with Gasteiger partial charge in [0.25, 0.3) is 5.69 Å². The summed E-state index contributed by atoms with van der Waals surface area (Å²) < 4.78 is 18.7. The van der Waals surface area contributed by atoms with Gasteiger partial charge in [-0.05, 0) is 52.5 Å². The Morgan fingerprint density at radius 3 is 2.36 bits per heavy atom. The quantitative estimate of drug-likeness (QED) is 0.631. The fraction of sp³-hybridized carbons (Fsp3) is 0.588. The van der Waals surface area contributed by atoms with Gasteiger partial charge in [0, 0.05) is 23.8 Å². The highest BCUT2D eigenvalue weighted by atomic mass is 19.1. The summed E-state index contributed by atoms with van der Waals surface area (Å²) in [7, 11) is 0. The Bertz CT molecular complexity index is 637. The van der Waals surface area contributed by atoms with Gasteiger partial charge in [-0.1, -0.05) is 0 Å². The van der Waals surface area contributed by atoms with Crippen LogP contribution in [0.25, 0.3) is 0 Å². The largest absolute Gasteiger partial charge is 0.444 e. The first-order chi connectivity index (χ1) is 11.6.